The average molecular weight is 604 g/mol. The van der Waals surface area contributed by atoms with Crippen LogP contribution in [0.15, 0.2) is 77.5 Å². The van der Waals surface area contributed by atoms with E-state index in [-0.39, 0.29) is 30.0 Å². The molecule has 2 bridgehead atoms. The molecule has 3 fully saturated rings. The summed E-state index contributed by atoms with van der Waals surface area (Å²) in [6, 6.07) is 17.4. The van der Waals surface area contributed by atoms with Gasteiger partial charge in [0.2, 0.25) is 0 Å². The number of anilines is 3. The zero-order chi connectivity index (χ0) is 30.4. The van der Waals surface area contributed by atoms with Crippen molar-refractivity contribution in [1.82, 2.24) is 24.9 Å². The number of nitrogens with zero attached hydrogens (tertiary/aromatic N) is 5. The summed E-state index contributed by atoms with van der Waals surface area (Å²) in [6.45, 7) is 3.75. The molecule has 10 nitrogen and oxygen atoms in total. The number of benzene rings is 2. The van der Waals surface area contributed by atoms with Crippen molar-refractivity contribution in [2.75, 3.05) is 43.4 Å². The lowest BCUT2D eigenvalue weighted by atomic mass is 9.71. The molecule has 1 unspecified atom stereocenters. The Bertz CT molecular complexity index is 1730. The zero-order valence-corrected chi connectivity index (χ0v) is 25.2. The third-order valence-electron chi connectivity index (χ3n) is 10.1. The van der Waals surface area contributed by atoms with Crippen LogP contribution in [0.2, 0.25) is 0 Å². The van der Waals surface area contributed by atoms with Crippen LogP contribution in [0.1, 0.15) is 71.5 Å². The number of hydrogen-bond acceptors (Lipinski definition) is 9. The monoisotopic (exact) mass is 603 g/mol. The maximum absolute atomic E-state index is 13.1. The number of aliphatic hydroxyl groups excluding tert-OH is 1. The molecule has 2 aromatic heterocycles. The van der Waals surface area contributed by atoms with Gasteiger partial charge in [0.25, 0.3) is 11.8 Å². The van der Waals surface area contributed by atoms with E-state index in [1.54, 1.807) is 6.20 Å². The standard InChI is InChI=1S/C35H37N7O3/c43-22-29(23-7-3-1-4-8-23)38-28-20-31(37-24-10-11-25-26(19-24)30-9-5-2-6-15-42(30)33(25)44)36-21-27(28)32-39-34(40-45-32)35-12-16-41(17-13-35)18-14-35/h1-4,6-8,10-11,19-21,29-30,43H,5,9,12-18,22H2,(H2,36,37,38)/t29-,30?/m1/s1. The summed E-state index contributed by atoms with van der Waals surface area (Å²) in [6.07, 6.45) is 11.0. The highest BCUT2D eigenvalue weighted by atomic mass is 16.5. The number of carbonyl (C=O) groups is 1. The molecule has 10 heteroatoms. The van der Waals surface area contributed by atoms with E-state index in [1.165, 1.54) is 0 Å². The third kappa shape index (κ3) is 5.07. The van der Waals surface area contributed by atoms with Gasteiger partial charge < -0.3 is 30.1 Å². The van der Waals surface area contributed by atoms with Gasteiger partial charge in [-0.3, -0.25) is 4.79 Å². The average Bonchev–Trinajstić information content (AvgIpc) is 3.59. The number of aromatic nitrogens is 3. The number of carbonyl (C=O) groups excluding carboxylic acids is 1. The first-order valence-corrected chi connectivity index (χ1v) is 16.0. The molecule has 7 heterocycles. The Morgan fingerprint density at radius 3 is 2.64 bits per heavy atom. The normalized spacial score (nSPS) is 24.2. The lowest BCUT2D eigenvalue weighted by molar-refractivity contribution is 0.0745. The Hall–Kier alpha value is -4.54. The summed E-state index contributed by atoms with van der Waals surface area (Å²) >= 11 is 0. The number of pyridine rings is 1. The van der Waals surface area contributed by atoms with Crippen molar-refractivity contribution < 1.29 is 14.4 Å². The second kappa shape index (κ2) is 11.4. The van der Waals surface area contributed by atoms with E-state index in [2.05, 4.69) is 38.9 Å². The van der Waals surface area contributed by atoms with Crippen molar-refractivity contribution in [2.45, 2.75) is 49.6 Å². The van der Waals surface area contributed by atoms with E-state index in [9.17, 15) is 9.90 Å². The predicted molar refractivity (Wildman–Crippen MR) is 171 cm³/mol. The van der Waals surface area contributed by atoms with Crippen LogP contribution in [0.25, 0.3) is 11.5 Å². The highest BCUT2D eigenvalue weighted by molar-refractivity contribution is 6.00. The fourth-order valence-electron chi connectivity index (χ4n) is 7.44. The number of hydrogen-bond donors (Lipinski definition) is 3. The molecule has 0 radical (unpaired) electrons. The van der Waals surface area contributed by atoms with Crippen molar-refractivity contribution in [3.8, 4) is 11.5 Å². The minimum atomic E-state index is -0.357. The lowest BCUT2D eigenvalue weighted by Crippen LogP contribution is -2.51. The maximum atomic E-state index is 13.1. The number of piperidine rings is 3. The molecule has 4 aromatic rings. The minimum absolute atomic E-state index is 0.0331. The molecule has 0 saturated carbocycles. The second-order valence-electron chi connectivity index (χ2n) is 12.6. The van der Waals surface area contributed by atoms with Gasteiger partial charge in [0, 0.05) is 35.5 Å². The fraction of sp³-hybridized carbons (Fsp3) is 0.371. The molecule has 1 amide bonds. The van der Waals surface area contributed by atoms with Gasteiger partial charge in [-0.25, -0.2) is 4.98 Å². The van der Waals surface area contributed by atoms with Gasteiger partial charge in [0.1, 0.15) is 5.82 Å². The molecule has 5 aliphatic rings. The molecule has 230 valence electrons. The van der Waals surface area contributed by atoms with Gasteiger partial charge in [-0.15, -0.1) is 0 Å². The molecular weight excluding hydrogens is 566 g/mol. The number of rotatable bonds is 8. The molecule has 0 aliphatic carbocycles. The molecule has 3 N–H and O–H groups in total. The predicted octanol–water partition coefficient (Wildman–Crippen LogP) is 5.60. The van der Waals surface area contributed by atoms with Crippen LogP contribution in [0.4, 0.5) is 17.2 Å². The first kappa shape index (κ1) is 28.0. The quantitative estimate of drug-likeness (QED) is 0.221. The van der Waals surface area contributed by atoms with Crippen molar-refractivity contribution in [3.63, 3.8) is 0 Å². The van der Waals surface area contributed by atoms with Gasteiger partial charge in [-0.2, -0.15) is 4.98 Å². The van der Waals surface area contributed by atoms with E-state index in [4.69, 9.17) is 14.5 Å². The summed E-state index contributed by atoms with van der Waals surface area (Å²) in [5, 5.41) is 21.9. The molecule has 0 spiro atoms. The number of fused-ring (bicyclic) bond motifs is 6. The smallest absolute Gasteiger partial charge is 0.261 e. The van der Waals surface area contributed by atoms with Crippen molar-refractivity contribution in [1.29, 1.82) is 0 Å². The molecule has 5 aliphatic heterocycles. The van der Waals surface area contributed by atoms with Gasteiger partial charge in [0.05, 0.1) is 29.9 Å². The number of nitrogens with one attached hydrogen (secondary N) is 2. The van der Waals surface area contributed by atoms with E-state index >= 15 is 0 Å². The minimum Gasteiger partial charge on any atom is -0.394 e. The summed E-state index contributed by atoms with van der Waals surface area (Å²) in [5.74, 6) is 1.90. The summed E-state index contributed by atoms with van der Waals surface area (Å²) in [7, 11) is 0. The van der Waals surface area contributed by atoms with Crippen LogP contribution >= 0.6 is 0 Å². The van der Waals surface area contributed by atoms with Crippen molar-refractivity contribution in [2.24, 2.45) is 0 Å². The van der Waals surface area contributed by atoms with Crippen LogP contribution in [-0.2, 0) is 5.41 Å². The topological polar surface area (TPSA) is 120 Å². The number of amides is 1. The van der Waals surface area contributed by atoms with Gasteiger partial charge in [0.15, 0.2) is 5.82 Å². The van der Waals surface area contributed by atoms with E-state index < -0.39 is 0 Å². The summed E-state index contributed by atoms with van der Waals surface area (Å²) in [5.41, 5.74) is 5.01. The van der Waals surface area contributed by atoms with E-state index in [0.29, 0.717) is 23.8 Å². The van der Waals surface area contributed by atoms with Crippen LogP contribution in [-0.4, -0.2) is 68.7 Å². The number of allylic oxidation sites excluding steroid dienone is 1. The lowest BCUT2D eigenvalue weighted by Gasteiger charge is -2.46. The second-order valence-corrected chi connectivity index (χ2v) is 12.6. The Kier molecular flexibility index (Phi) is 7.10. The van der Waals surface area contributed by atoms with Crippen LogP contribution in [0, 0.1) is 0 Å². The Balaban J connectivity index is 1.12. The molecule has 2 atom stereocenters. The molecular formula is C35H37N7O3. The van der Waals surface area contributed by atoms with Crippen LogP contribution in [0.3, 0.4) is 0 Å². The number of aliphatic hydroxyl groups is 1. The first-order chi connectivity index (χ1) is 22.1. The summed E-state index contributed by atoms with van der Waals surface area (Å²) in [4.78, 5) is 27.2. The van der Waals surface area contributed by atoms with E-state index in [1.807, 2.05) is 53.4 Å². The summed E-state index contributed by atoms with van der Waals surface area (Å²) < 4.78 is 5.91. The molecule has 9 rings (SSSR count). The highest BCUT2D eigenvalue weighted by Gasteiger charge is 2.44. The molecule has 3 saturated heterocycles. The van der Waals surface area contributed by atoms with Gasteiger partial charge in [-0.05, 0) is 81.1 Å². The maximum Gasteiger partial charge on any atom is 0.261 e. The van der Waals surface area contributed by atoms with Gasteiger partial charge in [-0.1, -0.05) is 47.6 Å². The van der Waals surface area contributed by atoms with Crippen molar-refractivity contribution in [3.05, 3.63) is 95.5 Å². The van der Waals surface area contributed by atoms with E-state index in [0.717, 1.165) is 85.6 Å². The first-order valence-electron chi connectivity index (χ1n) is 16.0. The highest BCUT2D eigenvalue weighted by Crippen LogP contribution is 2.43. The Labute approximate surface area is 262 Å². The van der Waals surface area contributed by atoms with Gasteiger partial charge >= 0.3 is 0 Å². The third-order valence-corrected chi connectivity index (χ3v) is 10.1. The largest absolute Gasteiger partial charge is 0.394 e. The molecule has 45 heavy (non-hydrogen) atoms. The Morgan fingerprint density at radius 2 is 1.84 bits per heavy atom. The fourth-order valence-corrected chi connectivity index (χ4v) is 7.44. The molecule has 2 aromatic carbocycles. The van der Waals surface area contributed by atoms with Crippen LogP contribution < -0.4 is 10.6 Å². The zero-order valence-electron chi connectivity index (χ0n) is 25.2. The SMILES string of the molecule is O=C1c2ccc(Nc3cc(N[C@H](CO)c4ccccc4)c(-c4nc(C56CCN(CC5)CC6)no4)cn3)cc2C2CCC=CCN12. The Morgan fingerprint density at radius 1 is 1.02 bits per heavy atom. The van der Waals surface area contributed by atoms with Crippen molar-refractivity contribution >= 4 is 23.1 Å². The van der Waals surface area contributed by atoms with Crippen LogP contribution in [0.5, 0.6) is 0 Å².